The van der Waals surface area contributed by atoms with Gasteiger partial charge in [-0.25, -0.2) is 4.98 Å². The van der Waals surface area contributed by atoms with Crippen molar-refractivity contribution in [1.29, 1.82) is 0 Å². The van der Waals surface area contributed by atoms with Crippen LogP contribution in [0.4, 0.5) is 0 Å². The standard InChI is InChI=1S/C16H17N5O3/c1-3-8-17-14(22)15-19-13(20-24-15)9-21-10(2)18-12-7-5-4-6-11(12)16(21)23/h4-7H,3,8-9H2,1-2H3,(H,17,22). The average Bonchev–Trinajstić information content (AvgIpc) is 3.05. The fourth-order valence-electron chi connectivity index (χ4n) is 2.33. The third-order valence-corrected chi connectivity index (χ3v) is 3.55. The van der Waals surface area contributed by atoms with E-state index in [9.17, 15) is 9.59 Å². The van der Waals surface area contributed by atoms with Gasteiger partial charge in [-0.1, -0.05) is 24.2 Å². The van der Waals surface area contributed by atoms with Crippen LogP contribution in [-0.2, 0) is 6.54 Å². The Morgan fingerprint density at radius 1 is 1.29 bits per heavy atom. The summed E-state index contributed by atoms with van der Waals surface area (Å²) < 4.78 is 6.41. The summed E-state index contributed by atoms with van der Waals surface area (Å²) in [6.45, 7) is 4.31. The zero-order chi connectivity index (χ0) is 17.1. The van der Waals surface area contributed by atoms with E-state index in [1.54, 1.807) is 25.1 Å². The summed E-state index contributed by atoms with van der Waals surface area (Å²) in [6.07, 6.45) is 0.810. The van der Waals surface area contributed by atoms with Crippen molar-refractivity contribution in [2.45, 2.75) is 26.8 Å². The molecule has 0 bridgehead atoms. The molecule has 124 valence electrons. The molecule has 0 saturated heterocycles. The van der Waals surface area contributed by atoms with Gasteiger partial charge < -0.3 is 9.84 Å². The van der Waals surface area contributed by atoms with E-state index in [-0.39, 0.29) is 23.8 Å². The second-order valence-corrected chi connectivity index (χ2v) is 5.34. The molecule has 0 fully saturated rings. The Hall–Kier alpha value is -3.03. The van der Waals surface area contributed by atoms with E-state index < -0.39 is 5.91 Å². The van der Waals surface area contributed by atoms with E-state index in [4.69, 9.17) is 4.52 Å². The molecule has 1 amide bonds. The number of aromatic nitrogens is 4. The van der Waals surface area contributed by atoms with Crippen molar-refractivity contribution >= 4 is 16.8 Å². The molecule has 0 spiro atoms. The number of nitrogens with zero attached hydrogens (tertiary/aromatic N) is 4. The second-order valence-electron chi connectivity index (χ2n) is 5.34. The maximum atomic E-state index is 12.6. The van der Waals surface area contributed by atoms with Crippen LogP contribution in [0.3, 0.4) is 0 Å². The maximum Gasteiger partial charge on any atom is 0.316 e. The molecule has 1 aromatic carbocycles. The molecule has 0 radical (unpaired) electrons. The second kappa shape index (κ2) is 6.61. The average molecular weight is 327 g/mol. The summed E-state index contributed by atoms with van der Waals surface area (Å²) in [6, 6.07) is 7.13. The summed E-state index contributed by atoms with van der Waals surface area (Å²) in [7, 11) is 0. The van der Waals surface area contributed by atoms with Crippen LogP contribution in [0.2, 0.25) is 0 Å². The van der Waals surface area contributed by atoms with Crippen molar-refractivity contribution < 1.29 is 9.32 Å². The lowest BCUT2D eigenvalue weighted by Gasteiger charge is -2.08. The number of amides is 1. The van der Waals surface area contributed by atoms with Gasteiger partial charge in [-0.3, -0.25) is 14.2 Å². The lowest BCUT2D eigenvalue weighted by atomic mass is 10.2. The van der Waals surface area contributed by atoms with Gasteiger partial charge in [0.2, 0.25) is 0 Å². The van der Waals surface area contributed by atoms with Gasteiger partial charge in [0.05, 0.1) is 17.4 Å². The number of para-hydroxylation sites is 1. The van der Waals surface area contributed by atoms with Gasteiger partial charge in [0, 0.05) is 6.54 Å². The molecule has 0 aliphatic heterocycles. The van der Waals surface area contributed by atoms with E-state index >= 15 is 0 Å². The van der Waals surface area contributed by atoms with E-state index in [1.807, 2.05) is 13.0 Å². The molecule has 24 heavy (non-hydrogen) atoms. The molecule has 0 aliphatic rings. The van der Waals surface area contributed by atoms with Crippen LogP contribution in [0.25, 0.3) is 10.9 Å². The first-order valence-electron chi connectivity index (χ1n) is 7.67. The number of rotatable bonds is 5. The fraction of sp³-hybridized carbons (Fsp3) is 0.312. The lowest BCUT2D eigenvalue weighted by molar-refractivity contribution is 0.0910. The molecular formula is C16H17N5O3. The minimum absolute atomic E-state index is 0.0903. The molecule has 1 N–H and O–H groups in total. The normalized spacial score (nSPS) is 10.9. The maximum absolute atomic E-state index is 12.6. The van der Waals surface area contributed by atoms with Gasteiger partial charge in [0.1, 0.15) is 5.82 Å². The third kappa shape index (κ3) is 3.03. The summed E-state index contributed by atoms with van der Waals surface area (Å²) in [5.74, 6) is 0.258. The highest BCUT2D eigenvalue weighted by molar-refractivity contribution is 5.89. The van der Waals surface area contributed by atoms with Crippen molar-refractivity contribution in [2.24, 2.45) is 0 Å². The Kier molecular flexibility index (Phi) is 4.37. The topological polar surface area (TPSA) is 103 Å². The number of nitrogens with one attached hydrogen (secondary N) is 1. The van der Waals surface area contributed by atoms with E-state index in [0.29, 0.717) is 23.3 Å². The molecule has 0 unspecified atom stereocenters. The highest BCUT2D eigenvalue weighted by atomic mass is 16.5. The van der Waals surface area contributed by atoms with Crippen LogP contribution in [-0.4, -0.2) is 32.1 Å². The summed E-state index contributed by atoms with van der Waals surface area (Å²) in [5.41, 5.74) is 0.462. The van der Waals surface area contributed by atoms with E-state index in [1.165, 1.54) is 4.57 Å². The van der Waals surface area contributed by atoms with Crippen LogP contribution in [0, 0.1) is 6.92 Å². The number of aryl methyl sites for hydroxylation is 1. The molecule has 0 aliphatic carbocycles. The fourth-order valence-corrected chi connectivity index (χ4v) is 2.33. The van der Waals surface area contributed by atoms with E-state index in [0.717, 1.165) is 6.42 Å². The molecule has 8 nitrogen and oxygen atoms in total. The summed E-state index contributed by atoms with van der Waals surface area (Å²) in [4.78, 5) is 32.8. The first-order chi connectivity index (χ1) is 11.6. The van der Waals surface area contributed by atoms with Crippen molar-refractivity contribution in [2.75, 3.05) is 6.54 Å². The van der Waals surface area contributed by atoms with Crippen LogP contribution in [0.15, 0.2) is 33.6 Å². The number of fused-ring (bicyclic) bond motifs is 1. The Labute approximate surface area is 137 Å². The van der Waals surface area contributed by atoms with Crippen LogP contribution >= 0.6 is 0 Å². The van der Waals surface area contributed by atoms with Gasteiger partial charge >= 0.3 is 11.8 Å². The van der Waals surface area contributed by atoms with Crippen LogP contribution in [0.1, 0.15) is 35.7 Å². The Bertz CT molecular complexity index is 944. The highest BCUT2D eigenvalue weighted by Gasteiger charge is 2.16. The Morgan fingerprint density at radius 3 is 2.88 bits per heavy atom. The van der Waals surface area contributed by atoms with Crippen molar-refractivity contribution in [3.8, 4) is 0 Å². The van der Waals surface area contributed by atoms with Crippen LogP contribution < -0.4 is 10.9 Å². The van der Waals surface area contributed by atoms with Gasteiger partial charge in [-0.05, 0) is 25.5 Å². The molecule has 0 atom stereocenters. The molecule has 0 saturated carbocycles. The first kappa shape index (κ1) is 15.9. The Balaban J connectivity index is 1.89. The van der Waals surface area contributed by atoms with Gasteiger partial charge in [-0.15, -0.1) is 0 Å². The van der Waals surface area contributed by atoms with Gasteiger partial charge in [0.25, 0.3) is 5.56 Å². The Morgan fingerprint density at radius 2 is 2.08 bits per heavy atom. The molecule has 8 heteroatoms. The van der Waals surface area contributed by atoms with Crippen LogP contribution in [0.5, 0.6) is 0 Å². The predicted molar refractivity (Wildman–Crippen MR) is 86.8 cm³/mol. The smallest absolute Gasteiger partial charge is 0.316 e. The molecule has 2 heterocycles. The van der Waals surface area contributed by atoms with Crippen molar-refractivity contribution in [3.05, 3.63) is 52.2 Å². The van der Waals surface area contributed by atoms with Gasteiger partial charge in [-0.2, -0.15) is 4.98 Å². The van der Waals surface area contributed by atoms with Crippen molar-refractivity contribution in [3.63, 3.8) is 0 Å². The largest absolute Gasteiger partial charge is 0.348 e. The zero-order valence-corrected chi connectivity index (χ0v) is 13.4. The number of hydrogen-bond acceptors (Lipinski definition) is 6. The summed E-state index contributed by atoms with van der Waals surface area (Å²) in [5, 5.41) is 6.95. The monoisotopic (exact) mass is 327 g/mol. The quantitative estimate of drug-likeness (QED) is 0.757. The number of carbonyl (C=O) groups is 1. The SMILES string of the molecule is CCCNC(=O)c1nc(Cn2c(C)nc3ccccc3c2=O)no1. The number of benzene rings is 1. The molecule has 3 rings (SSSR count). The molecule has 2 aromatic heterocycles. The highest BCUT2D eigenvalue weighted by Crippen LogP contribution is 2.08. The number of hydrogen-bond donors (Lipinski definition) is 1. The predicted octanol–water partition coefficient (Wildman–Crippen LogP) is 1.28. The zero-order valence-electron chi connectivity index (χ0n) is 13.4. The van der Waals surface area contributed by atoms with E-state index in [2.05, 4.69) is 20.4 Å². The minimum atomic E-state index is -0.420. The van der Waals surface area contributed by atoms with Crippen molar-refractivity contribution in [1.82, 2.24) is 25.0 Å². The molecular weight excluding hydrogens is 310 g/mol. The third-order valence-electron chi connectivity index (χ3n) is 3.55. The lowest BCUT2D eigenvalue weighted by Crippen LogP contribution is -2.25. The number of carbonyl (C=O) groups excluding carboxylic acids is 1. The minimum Gasteiger partial charge on any atom is -0.348 e. The van der Waals surface area contributed by atoms with Gasteiger partial charge in [0.15, 0.2) is 5.82 Å². The first-order valence-corrected chi connectivity index (χ1v) is 7.67. The molecule has 3 aromatic rings. The summed E-state index contributed by atoms with van der Waals surface area (Å²) >= 11 is 0.